The van der Waals surface area contributed by atoms with Crippen LogP contribution in [0.2, 0.25) is 0 Å². The number of hydrogen-bond acceptors (Lipinski definition) is 3. The first kappa shape index (κ1) is 19.4. The number of rotatable bonds is 5. The summed E-state index contributed by atoms with van der Waals surface area (Å²) in [5.41, 5.74) is 3.29. The van der Waals surface area contributed by atoms with Crippen molar-refractivity contribution in [2.24, 2.45) is 5.92 Å². The van der Waals surface area contributed by atoms with Gasteiger partial charge in [0.05, 0.1) is 18.3 Å². The Morgan fingerprint density at radius 1 is 1.30 bits per heavy atom. The van der Waals surface area contributed by atoms with E-state index in [-0.39, 0.29) is 18.2 Å². The molecule has 146 valence electrons. The average Bonchev–Trinajstić information content (AvgIpc) is 2.96. The van der Waals surface area contributed by atoms with Crippen LogP contribution in [0.15, 0.2) is 36.4 Å². The average molecular weight is 370 g/mol. The molecule has 6 heteroatoms. The van der Waals surface area contributed by atoms with E-state index in [2.05, 4.69) is 42.5 Å². The molecule has 1 N–H and O–H groups in total. The molecule has 1 fully saturated rings. The van der Waals surface area contributed by atoms with Gasteiger partial charge in [-0.05, 0) is 38.3 Å². The number of hydrogen-bond donors (Lipinski definition) is 1. The van der Waals surface area contributed by atoms with E-state index < -0.39 is 0 Å². The maximum Gasteiger partial charge on any atom is 0.317 e. The van der Waals surface area contributed by atoms with E-state index in [0.717, 1.165) is 23.5 Å². The van der Waals surface area contributed by atoms with E-state index in [1.54, 1.807) is 0 Å². The van der Waals surface area contributed by atoms with Gasteiger partial charge in [-0.2, -0.15) is 5.10 Å². The van der Waals surface area contributed by atoms with Crippen molar-refractivity contribution in [1.82, 2.24) is 20.0 Å². The van der Waals surface area contributed by atoms with E-state index >= 15 is 0 Å². The number of nitrogens with zero attached hydrogens (tertiary/aromatic N) is 3. The Bertz CT molecular complexity index is 759. The molecule has 2 heterocycles. The van der Waals surface area contributed by atoms with Crippen molar-refractivity contribution in [3.05, 3.63) is 53.3 Å². The molecule has 0 bridgehead atoms. The Morgan fingerprint density at radius 2 is 2.04 bits per heavy atom. The molecule has 1 aliphatic rings. The van der Waals surface area contributed by atoms with E-state index in [9.17, 15) is 4.79 Å². The normalized spacial score (nSPS) is 21.1. The minimum absolute atomic E-state index is 0.0156. The Kier molecular flexibility index (Phi) is 6.16. The number of urea groups is 1. The summed E-state index contributed by atoms with van der Waals surface area (Å²) < 4.78 is 8.05. The molecule has 1 saturated heterocycles. The second-order valence-corrected chi connectivity index (χ2v) is 7.65. The monoisotopic (exact) mass is 370 g/mol. The molecule has 2 amide bonds. The lowest BCUT2D eigenvalue weighted by Crippen LogP contribution is -2.50. The highest BCUT2D eigenvalue weighted by Gasteiger charge is 2.29. The zero-order valence-corrected chi connectivity index (χ0v) is 16.7. The fourth-order valence-electron chi connectivity index (χ4n) is 3.56. The third-order valence-corrected chi connectivity index (χ3v) is 4.91. The molecule has 3 atom stereocenters. The first-order chi connectivity index (χ1) is 12.9. The van der Waals surface area contributed by atoms with Gasteiger partial charge in [-0.15, -0.1) is 0 Å². The Labute approximate surface area is 161 Å². The van der Waals surface area contributed by atoms with Crippen molar-refractivity contribution in [2.45, 2.75) is 46.4 Å². The number of nitrogens with one attached hydrogen (secondary N) is 1. The predicted octanol–water partition coefficient (Wildman–Crippen LogP) is 3.31. The number of aromatic nitrogens is 2. The van der Waals surface area contributed by atoms with Crippen molar-refractivity contribution in [3.8, 4) is 0 Å². The zero-order valence-electron chi connectivity index (χ0n) is 16.7. The number of aryl methyl sites for hydroxylation is 2. The lowest BCUT2D eigenvalue weighted by Gasteiger charge is -2.37. The standard InChI is InChI=1S/C21H30N4O2/c1-15(12-25-17(3)10-16(2)23-25)11-22-21(26)24-13-18(4)27-20(14-24)19-8-6-5-7-9-19/h5-10,15,18,20H,11-14H2,1-4H3,(H,22,26). The van der Waals surface area contributed by atoms with Crippen molar-refractivity contribution >= 4 is 6.03 Å². The molecule has 1 aromatic heterocycles. The molecule has 27 heavy (non-hydrogen) atoms. The smallest absolute Gasteiger partial charge is 0.317 e. The molecule has 3 rings (SSSR count). The highest BCUT2D eigenvalue weighted by molar-refractivity contribution is 5.74. The van der Waals surface area contributed by atoms with Crippen molar-refractivity contribution in [2.75, 3.05) is 19.6 Å². The second-order valence-electron chi connectivity index (χ2n) is 7.65. The Hall–Kier alpha value is -2.34. The van der Waals surface area contributed by atoms with Gasteiger partial charge in [0.2, 0.25) is 0 Å². The number of amides is 2. The van der Waals surface area contributed by atoms with Gasteiger partial charge in [0.15, 0.2) is 0 Å². The maximum absolute atomic E-state index is 12.7. The van der Waals surface area contributed by atoms with E-state index in [4.69, 9.17) is 4.74 Å². The number of ether oxygens (including phenoxy) is 1. The third-order valence-electron chi connectivity index (χ3n) is 4.91. The van der Waals surface area contributed by atoms with Crippen LogP contribution in [0.4, 0.5) is 4.79 Å². The molecule has 3 unspecified atom stereocenters. The predicted molar refractivity (Wildman–Crippen MR) is 106 cm³/mol. The SMILES string of the molecule is Cc1cc(C)n(CC(C)CNC(=O)N2CC(C)OC(c3ccccc3)C2)n1. The number of benzene rings is 1. The van der Waals surface area contributed by atoms with Gasteiger partial charge in [0, 0.05) is 25.3 Å². The lowest BCUT2D eigenvalue weighted by molar-refractivity contribution is -0.0657. The molecular formula is C21H30N4O2. The molecule has 1 aliphatic heterocycles. The van der Waals surface area contributed by atoms with Gasteiger partial charge in [0.25, 0.3) is 0 Å². The summed E-state index contributed by atoms with van der Waals surface area (Å²) in [6.07, 6.45) is -0.0605. The quantitative estimate of drug-likeness (QED) is 0.878. The number of morpholine rings is 1. The third kappa shape index (κ3) is 5.10. The van der Waals surface area contributed by atoms with Gasteiger partial charge in [-0.1, -0.05) is 37.3 Å². The number of carbonyl (C=O) groups is 1. The largest absolute Gasteiger partial charge is 0.367 e. The van der Waals surface area contributed by atoms with Crippen LogP contribution in [0.1, 0.15) is 36.9 Å². The van der Waals surface area contributed by atoms with Crippen LogP contribution in [0.5, 0.6) is 0 Å². The van der Waals surface area contributed by atoms with Crippen LogP contribution in [-0.4, -0.2) is 46.4 Å². The summed E-state index contributed by atoms with van der Waals surface area (Å²) in [6, 6.07) is 12.1. The van der Waals surface area contributed by atoms with Crippen molar-refractivity contribution < 1.29 is 9.53 Å². The fourth-order valence-corrected chi connectivity index (χ4v) is 3.56. The van der Waals surface area contributed by atoms with Crippen LogP contribution in [0.25, 0.3) is 0 Å². The summed E-state index contributed by atoms with van der Waals surface area (Å²) in [6.45, 7) is 10.8. The summed E-state index contributed by atoms with van der Waals surface area (Å²) in [7, 11) is 0. The van der Waals surface area contributed by atoms with Gasteiger partial charge >= 0.3 is 6.03 Å². The van der Waals surface area contributed by atoms with Crippen molar-refractivity contribution in [1.29, 1.82) is 0 Å². The van der Waals surface area contributed by atoms with E-state index in [0.29, 0.717) is 25.6 Å². The minimum atomic E-state index is -0.0761. The molecule has 2 aromatic rings. The molecule has 0 saturated carbocycles. The van der Waals surface area contributed by atoms with Gasteiger partial charge in [-0.25, -0.2) is 4.79 Å². The molecule has 6 nitrogen and oxygen atoms in total. The van der Waals surface area contributed by atoms with Crippen LogP contribution in [0.3, 0.4) is 0 Å². The van der Waals surface area contributed by atoms with Crippen LogP contribution < -0.4 is 5.32 Å². The van der Waals surface area contributed by atoms with E-state index in [1.807, 2.05) is 41.6 Å². The summed E-state index contributed by atoms with van der Waals surface area (Å²) in [5, 5.41) is 7.58. The van der Waals surface area contributed by atoms with Gasteiger partial charge < -0.3 is 15.0 Å². The molecular weight excluding hydrogens is 340 g/mol. The topological polar surface area (TPSA) is 59.4 Å². The highest BCUT2D eigenvalue weighted by atomic mass is 16.5. The summed E-state index contributed by atoms with van der Waals surface area (Å²) in [4.78, 5) is 14.5. The first-order valence-corrected chi connectivity index (χ1v) is 9.66. The lowest BCUT2D eigenvalue weighted by atomic mass is 10.1. The summed E-state index contributed by atoms with van der Waals surface area (Å²) >= 11 is 0. The Balaban J connectivity index is 1.53. The number of carbonyl (C=O) groups excluding carboxylic acids is 1. The molecule has 1 aromatic carbocycles. The molecule has 0 aliphatic carbocycles. The maximum atomic E-state index is 12.7. The van der Waals surface area contributed by atoms with Crippen LogP contribution >= 0.6 is 0 Å². The fraction of sp³-hybridized carbons (Fsp3) is 0.524. The zero-order chi connectivity index (χ0) is 19.4. The van der Waals surface area contributed by atoms with E-state index in [1.165, 1.54) is 0 Å². The first-order valence-electron chi connectivity index (χ1n) is 9.66. The molecule has 0 spiro atoms. The minimum Gasteiger partial charge on any atom is -0.367 e. The molecule has 0 radical (unpaired) electrons. The van der Waals surface area contributed by atoms with Gasteiger partial charge in [0.1, 0.15) is 6.10 Å². The van der Waals surface area contributed by atoms with Crippen molar-refractivity contribution in [3.63, 3.8) is 0 Å². The van der Waals surface area contributed by atoms with Crippen LogP contribution in [0, 0.1) is 19.8 Å². The highest BCUT2D eigenvalue weighted by Crippen LogP contribution is 2.25. The second kappa shape index (κ2) is 8.57. The van der Waals surface area contributed by atoms with Crippen LogP contribution in [-0.2, 0) is 11.3 Å². The Morgan fingerprint density at radius 3 is 2.70 bits per heavy atom. The van der Waals surface area contributed by atoms with Gasteiger partial charge in [-0.3, -0.25) is 4.68 Å². The summed E-state index contributed by atoms with van der Waals surface area (Å²) in [5.74, 6) is 0.301.